The van der Waals surface area contributed by atoms with Gasteiger partial charge >= 0.3 is 0 Å². The van der Waals surface area contributed by atoms with Gasteiger partial charge in [-0.3, -0.25) is 19.7 Å². The standard InChI is InChI=1S/C11H9NO4/c13-9(4-3-7-2-1-5-16-7)8-6-10(14)12-11(8)15/h1-5,8H,6H2,(H,12,14,15)/b4-3-/t8-/m1/s1. The molecular formula is C11H9NO4. The number of carbonyl (C=O) groups excluding carboxylic acids is 3. The van der Waals surface area contributed by atoms with Crippen LogP contribution < -0.4 is 5.32 Å². The molecular weight excluding hydrogens is 210 g/mol. The molecule has 1 aromatic heterocycles. The van der Waals surface area contributed by atoms with Gasteiger partial charge in [0.05, 0.1) is 6.26 Å². The lowest BCUT2D eigenvalue weighted by Gasteiger charge is -1.98. The summed E-state index contributed by atoms with van der Waals surface area (Å²) in [4.78, 5) is 33.6. The van der Waals surface area contributed by atoms with E-state index in [1.165, 1.54) is 18.4 Å². The lowest BCUT2D eigenvalue weighted by molar-refractivity contribution is -0.129. The molecule has 2 rings (SSSR count). The van der Waals surface area contributed by atoms with Gasteiger partial charge in [0.2, 0.25) is 11.8 Å². The highest BCUT2D eigenvalue weighted by atomic mass is 16.3. The fourth-order valence-corrected chi connectivity index (χ4v) is 1.45. The van der Waals surface area contributed by atoms with Crippen LogP contribution in [0, 0.1) is 5.92 Å². The highest BCUT2D eigenvalue weighted by Crippen LogP contribution is 2.13. The van der Waals surface area contributed by atoms with Gasteiger partial charge in [0.1, 0.15) is 11.7 Å². The molecule has 1 N–H and O–H groups in total. The summed E-state index contributed by atoms with van der Waals surface area (Å²) in [6, 6.07) is 3.37. The molecule has 1 aromatic rings. The Morgan fingerprint density at radius 2 is 2.31 bits per heavy atom. The van der Waals surface area contributed by atoms with Crippen molar-refractivity contribution in [2.45, 2.75) is 6.42 Å². The molecule has 1 aliphatic rings. The molecule has 0 bridgehead atoms. The van der Waals surface area contributed by atoms with Crippen molar-refractivity contribution in [1.82, 2.24) is 5.32 Å². The van der Waals surface area contributed by atoms with Crippen LogP contribution >= 0.6 is 0 Å². The molecule has 1 fully saturated rings. The van der Waals surface area contributed by atoms with Gasteiger partial charge in [0, 0.05) is 6.42 Å². The molecule has 1 saturated heterocycles. The maximum atomic E-state index is 11.6. The highest BCUT2D eigenvalue weighted by molar-refractivity contribution is 6.17. The minimum atomic E-state index is -0.890. The summed E-state index contributed by atoms with van der Waals surface area (Å²) >= 11 is 0. The van der Waals surface area contributed by atoms with Crippen LogP contribution in [0.1, 0.15) is 12.2 Å². The lowest BCUT2D eigenvalue weighted by Crippen LogP contribution is -2.25. The van der Waals surface area contributed by atoms with Crippen molar-refractivity contribution in [3.63, 3.8) is 0 Å². The van der Waals surface area contributed by atoms with Gasteiger partial charge < -0.3 is 4.42 Å². The summed E-state index contributed by atoms with van der Waals surface area (Å²) in [5.74, 6) is -1.69. The van der Waals surface area contributed by atoms with Crippen LogP contribution in [0.25, 0.3) is 6.08 Å². The fraction of sp³-hybridized carbons (Fsp3) is 0.182. The van der Waals surface area contributed by atoms with Crippen molar-refractivity contribution in [1.29, 1.82) is 0 Å². The van der Waals surface area contributed by atoms with Gasteiger partial charge in [0.15, 0.2) is 5.78 Å². The molecule has 5 heteroatoms. The monoisotopic (exact) mass is 219 g/mol. The minimum Gasteiger partial charge on any atom is -0.465 e. The second kappa shape index (κ2) is 4.14. The minimum absolute atomic E-state index is 0.0693. The van der Waals surface area contributed by atoms with E-state index in [1.54, 1.807) is 12.1 Å². The third kappa shape index (κ3) is 2.08. The van der Waals surface area contributed by atoms with Gasteiger partial charge in [-0.15, -0.1) is 0 Å². The quantitative estimate of drug-likeness (QED) is 0.457. The normalized spacial score (nSPS) is 20.4. The number of ketones is 1. The van der Waals surface area contributed by atoms with Gasteiger partial charge in [-0.05, 0) is 24.3 Å². The molecule has 0 radical (unpaired) electrons. The smallest absolute Gasteiger partial charge is 0.238 e. The summed E-state index contributed by atoms with van der Waals surface area (Å²) in [5.41, 5.74) is 0. The molecule has 2 heterocycles. The van der Waals surface area contributed by atoms with Crippen LogP contribution in [-0.2, 0) is 14.4 Å². The van der Waals surface area contributed by atoms with Crippen molar-refractivity contribution < 1.29 is 18.8 Å². The highest BCUT2D eigenvalue weighted by Gasteiger charge is 2.34. The molecule has 0 unspecified atom stereocenters. The summed E-state index contributed by atoms with van der Waals surface area (Å²) in [6.07, 6.45) is 4.14. The number of carbonyl (C=O) groups is 3. The van der Waals surface area contributed by atoms with E-state index >= 15 is 0 Å². The third-order valence-corrected chi connectivity index (χ3v) is 2.27. The van der Waals surface area contributed by atoms with Crippen LogP contribution in [-0.4, -0.2) is 17.6 Å². The van der Waals surface area contributed by atoms with E-state index in [-0.39, 0.29) is 12.2 Å². The Labute approximate surface area is 91.1 Å². The molecule has 2 amide bonds. The Morgan fingerprint density at radius 3 is 2.88 bits per heavy atom. The number of furan rings is 1. The predicted octanol–water partition coefficient (Wildman–Crippen LogP) is 0.525. The van der Waals surface area contributed by atoms with Crippen LogP contribution in [0.15, 0.2) is 28.9 Å². The number of hydrogen-bond donors (Lipinski definition) is 1. The van der Waals surface area contributed by atoms with Crippen molar-refractivity contribution in [2.75, 3.05) is 0 Å². The van der Waals surface area contributed by atoms with Crippen molar-refractivity contribution in [3.8, 4) is 0 Å². The first kappa shape index (κ1) is 10.4. The number of hydrogen-bond acceptors (Lipinski definition) is 4. The second-order valence-corrected chi connectivity index (χ2v) is 3.42. The first-order chi connectivity index (χ1) is 7.66. The van der Waals surface area contributed by atoms with Gasteiger partial charge in [0.25, 0.3) is 0 Å². The average molecular weight is 219 g/mol. The largest absolute Gasteiger partial charge is 0.465 e. The second-order valence-electron chi connectivity index (χ2n) is 3.42. The number of allylic oxidation sites excluding steroid dienone is 1. The summed E-state index contributed by atoms with van der Waals surface area (Å²) in [7, 11) is 0. The van der Waals surface area contributed by atoms with E-state index in [0.717, 1.165) is 0 Å². The number of amides is 2. The maximum Gasteiger partial charge on any atom is 0.238 e. The van der Waals surface area contributed by atoms with E-state index in [1.807, 2.05) is 0 Å². The molecule has 16 heavy (non-hydrogen) atoms. The molecule has 0 saturated carbocycles. The topological polar surface area (TPSA) is 76.4 Å². The fourth-order valence-electron chi connectivity index (χ4n) is 1.45. The van der Waals surface area contributed by atoms with E-state index in [4.69, 9.17) is 4.42 Å². The first-order valence-electron chi connectivity index (χ1n) is 4.76. The van der Waals surface area contributed by atoms with Crippen molar-refractivity contribution in [2.24, 2.45) is 5.92 Å². The maximum absolute atomic E-state index is 11.6. The van der Waals surface area contributed by atoms with Crippen molar-refractivity contribution >= 4 is 23.7 Å². The summed E-state index contributed by atoms with van der Waals surface area (Å²) in [6.45, 7) is 0. The van der Waals surface area contributed by atoms with Crippen LogP contribution in [0.3, 0.4) is 0 Å². The zero-order valence-electron chi connectivity index (χ0n) is 8.30. The molecule has 5 nitrogen and oxygen atoms in total. The third-order valence-electron chi connectivity index (χ3n) is 2.27. The lowest BCUT2D eigenvalue weighted by atomic mass is 10.0. The SMILES string of the molecule is O=C1C[C@H](C(=O)/C=C\c2ccco2)C(=O)N1. The van der Waals surface area contributed by atoms with E-state index in [0.29, 0.717) is 5.76 Å². The first-order valence-corrected chi connectivity index (χ1v) is 4.76. The van der Waals surface area contributed by atoms with Crippen LogP contribution in [0.5, 0.6) is 0 Å². The van der Waals surface area contributed by atoms with Gasteiger partial charge in [-0.1, -0.05) is 0 Å². The Bertz CT molecular complexity index is 458. The van der Waals surface area contributed by atoms with Crippen molar-refractivity contribution in [3.05, 3.63) is 30.2 Å². The van der Waals surface area contributed by atoms with E-state index in [2.05, 4.69) is 5.32 Å². The molecule has 0 spiro atoms. The molecule has 82 valence electrons. The summed E-state index contributed by atoms with van der Waals surface area (Å²) in [5, 5.41) is 2.08. The predicted molar refractivity (Wildman–Crippen MR) is 54.0 cm³/mol. The molecule has 0 aliphatic carbocycles. The Morgan fingerprint density at radius 1 is 1.50 bits per heavy atom. The van der Waals surface area contributed by atoms with Gasteiger partial charge in [-0.2, -0.15) is 0 Å². The Balaban J connectivity index is 2.04. The number of nitrogens with one attached hydrogen (secondary N) is 1. The zero-order valence-corrected chi connectivity index (χ0v) is 8.30. The van der Waals surface area contributed by atoms with Crippen LogP contribution in [0.4, 0.5) is 0 Å². The van der Waals surface area contributed by atoms with Crippen LogP contribution in [0.2, 0.25) is 0 Å². The average Bonchev–Trinajstić information content (AvgIpc) is 2.84. The summed E-state index contributed by atoms with van der Waals surface area (Å²) < 4.78 is 4.99. The number of imide groups is 1. The Kier molecular flexibility index (Phi) is 2.68. The molecule has 1 atom stereocenters. The number of rotatable bonds is 3. The molecule has 1 aliphatic heterocycles. The van der Waals surface area contributed by atoms with E-state index < -0.39 is 17.7 Å². The zero-order chi connectivity index (χ0) is 11.5. The molecule has 0 aromatic carbocycles. The Hall–Kier alpha value is -2.17. The van der Waals surface area contributed by atoms with E-state index in [9.17, 15) is 14.4 Å². The van der Waals surface area contributed by atoms with Gasteiger partial charge in [-0.25, -0.2) is 0 Å².